The van der Waals surface area contributed by atoms with Crippen LogP contribution in [-0.2, 0) is 4.79 Å². The van der Waals surface area contributed by atoms with Gasteiger partial charge in [-0.2, -0.15) is 0 Å². The summed E-state index contributed by atoms with van der Waals surface area (Å²) in [5.41, 5.74) is 3.35. The number of carbonyl (C=O) groups is 1. The number of anilines is 1. The zero-order valence-electron chi connectivity index (χ0n) is 17.7. The third-order valence-corrected chi connectivity index (χ3v) is 5.29. The number of hydrogen-bond donors (Lipinski definition) is 2. The first-order chi connectivity index (χ1) is 16.2. The Bertz CT molecular complexity index is 1330. The highest BCUT2D eigenvalue weighted by Crippen LogP contribution is 2.44. The molecule has 0 unspecified atom stereocenters. The maximum absolute atomic E-state index is 10.7. The molecular formula is C25H22N3O5+. The first-order valence-corrected chi connectivity index (χ1v) is 10.6. The molecule has 2 aromatic carbocycles. The Labute approximate surface area is 189 Å². The highest BCUT2D eigenvalue weighted by atomic mass is 16.7. The molecule has 0 bridgehead atoms. The maximum Gasteiger partial charge on any atom is 0.307 e. The van der Waals surface area contributed by atoms with Gasteiger partial charge >= 0.3 is 11.7 Å². The van der Waals surface area contributed by atoms with E-state index in [1.807, 2.05) is 54.6 Å². The van der Waals surface area contributed by atoms with Crippen molar-refractivity contribution in [2.45, 2.75) is 12.8 Å². The van der Waals surface area contributed by atoms with E-state index in [2.05, 4.69) is 15.3 Å². The van der Waals surface area contributed by atoms with E-state index in [0.717, 1.165) is 27.8 Å². The lowest BCUT2D eigenvalue weighted by Crippen LogP contribution is -2.09. The third-order valence-electron chi connectivity index (χ3n) is 5.29. The summed E-state index contributed by atoms with van der Waals surface area (Å²) in [5, 5.41) is 12.9. The van der Waals surface area contributed by atoms with Gasteiger partial charge in [-0.05, 0) is 29.1 Å². The van der Waals surface area contributed by atoms with Crippen molar-refractivity contribution in [3.05, 3.63) is 67.0 Å². The number of ether oxygens (including phenoxy) is 2. The number of rotatable bonds is 8. The van der Waals surface area contributed by atoms with Crippen molar-refractivity contribution in [1.29, 1.82) is 0 Å². The summed E-state index contributed by atoms with van der Waals surface area (Å²) >= 11 is 0. The van der Waals surface area contributed by atoms with Crippen molar-refractivity contribution in [3.8, 4) is 33.9 Å². The number of aliphatic carboxylic acids is 1. The topological polar surface area (TPSA) is 108 Å². The molecule has 0 saturated heterocycles. The first-order valence-electron chi connectivity index (χ1n) is 10.6. The molecule has 2 aromatic heterocycles. The summed E-state index contributed by atoms with van der Waals surface area (Å²) in [6.07, 6.45) is 5.76. The Morgan fingerprint density at radius 1 is 1.09 bits per heavy atom. The van der Waals surface area contributed by atoms with Gasteiger partial charge in [0.2, 0.25) is 6.79 Å². The van der Waals surface area contributed by atoms with Crippen LogP contribution in [0.2, 0.25) is 0 Å². The lowest BCUT2D eigenvalue weighted by atomic mass is 9.99. The van der Waals surface area contributed by atoms with E-state index in [1.165, 1.54) is 0 Å². The normalized spacial score (nSPS) is 12.5. The number of carboxylic acids is 1. The van der Waals surface area contributed by atoms with Gasteiger partial charge in [-0.25, -0.2) is 4.98 Å². The van der Waals surface area contributed by atoms with Crippen molar-refractivity contribution < 1.29 is 28.8 Å². The molecule has 8 nitrogen and oxygen atoms in total. The van der Waals surface area contributed by atoms with Gasteiger partial charge in [0.1, 0.15) is 11.1 Å². The average Bonchev–Trinajstić information content (AvgIpc) is 3.46. The molecule has 3 heterocycles. The number of fused-ring (bicyclic) bond motifs is 2. The van der Waals surface area contributed by atoms with E-state index in [1.54, 1.807) is 12.4 Å². The van der Waals surface area contributed by atoms with E-state index in [9.17, 15) is 4.79 Å². The number of aromatic nitrogens is 2. The second-order valence-corrected chi connectivity index (χ2v) is 7.48. The number of H-pyrrole nitrogens is 1. The first kappa shape index (κ1) is 20.6. The van der Waals surface area contributed by atoms with E-state index in [-0.39, 0.29) is 13.2 Å². The molecule has 0 atom stereocenters. The van der Waals surface area contributed by atoms with Crippen molar-refractivity contribution >= 4 is 22.9 Å². The number of carboxylic acid groups (broad SMARTS) is 1. The van der Waals surface area contributed by atoms with Crippen LogP contribution in [0.5, 0.6) is 11.5 Å². The third kappa shape index (κ3) is 4.23. The van der Waals surface area contributed by atoms with Gasteiger partial charge in [0, 0.05) is 17.7 Å². The summed E-state index contributed by atoms with van der Waals surface area (Å²) in [6, 6.07) is 15.7. The highest BCUT2D eigenvalue weighted by Gasteiger charge is 2.26. The van der Waals surface area contributed by atoms with Crippen molar-refractivity contribution in [2.75, 3.05) is 18.7 Å². The van der Waals surface area contributed by atoms with Crippen LogP contribution in [0.15, 0.2) is 71.4 Å². The zero-order chi connectivity index (χ0) is 22.6. The predicted octanol–water partition coefficient (Wildman–Crippen LogP) is 4.54. The van der Waals surface area contributed by atoms with Gasteiger partial charge in [0.15, 0.2) is 11.5 Å². The molecule has 0 saturated carbocycles. The monoisotopic (exact) mass is 444 g/mol. The van der Waals surface area contributed by atoms with Gasteiger partial charge in [-0.15, -0.1) is 0 Å². The number of nitrogens with one attached hydrogen (secondary N) is 2. The fourth-order valence-electron chi connectivity index (χ4n) is 3.81. The minimum atomic E-state index is -0.846. The summed E-state index contributed by atoms with van der Waals surface area (Å²) in [7, 11) is 0. The fourth-order valence-corrected chi connectivity index (χ4v) is 3.81. The standard InChI is InChI=1S/C25H21N3O5/c29-20(30)9-5-2-6-12-26-24-22-21(17-10-11-18-19(13-17)32-15-31-18)23(16-7-3-1-4-8-16)33-25(22)28-14-27-24/h1-5,7-8,10-11,13-14H,6,9,12,15H2,(H,29,30)(H,26,27,28)/p+1/b5-2+. The van der Waals surface area contributed by atoms with Crippen molar-refractivity contribution in [3.63, 3.8) is 0 Å². The smallest absolute Gasteiger partial charge is 0.307 e. The second-order valence-electron chi connectivity index (χ2n) is 7.48. The molecule has 0 radical (unpaired) electrons. The van der Waals surface area contributed by atoms with Crippen LogP contribution in [0, 0.1) is 0 Å². The number of aromatic amines is 1. The molecule has 1 aliphatic rings. The summed E-state index contributed by atoms with van der Waals surface area (Å²) < 4.78 is 17.4. The van der Waals surface area contributed by atoms with Crippen LogP contribution in [0.25, 0.3) is 33.6 Å². The van der Waals surface area contributed by atoms with E-state index in [4.69, 9.17) is 19.0 Å². The largest absolute Gasteiger partial charge is 0.481 e. The SMILES string of the molecule is O=C(O)C/C=C/CCNc1nc[nH+]c2oc(-c3ccccc3)c(-c3ccc4c(c3)OCO4)c12. The number of nitrogens with zero attached hydrogens (tertiary/aromatic N) is 1. The maximum atomic E-state index is 10.7. The van der Waals surface area contributed by atoms with Gasteiger partial charge in [0.05, 0.1) is 6.42 Å². The van der Waals surface area contributed by atoms with E-state index >= 15 is 0 Å². The van der Waals surface area contributed by atoms with Crippen LogP contribution in [0.3, 0.4) is 0 Å². The molecule has 166 valence electrons. The molecule has 5 rings (SSSR count). The van der Waals surface area contributed by atoms with E-state index < -0.39 is 5.97 Å². The average molecular weight is 444 g/mol. The molecule has 3 N–H and O–H groups in total. The minimum Gasteiger partial charge on any atom is -0.481 e. The van der Waals surface area contributed by atoms with Crippen LogP contribution >= 0.6 is 0 Å². The highest BCUT2D eigenvalue weighted by molar-refractivity contribution is 6.05. The molecule has 0 aliphatic carbocycles. The Hall–Kier alpha value is -4.33. The Morgan fingerprint density at radius 3 is 2.79 bits per heavy atom. The molecular weight excluding hydrogens is 422 g/mol. The van der Waals surface area contributed by atoms with Gasteiger partial charge < -0.3 is 24.3 Å². The quantitative estimate of drug-likeness (QED) is 0.303. The van der Waals surface area contributed by atoms with Gasteiger partial charge in [-0.3, -0.25) is 4.79 Å². The van der Waals surface area contributed by atoms with Gasteiger partial charge in [-0.1, -0.05) is 48.6 Å². The molecule has 0 amide bonds. The summed E-state index contributed by atoms with van der Waals surface area (Å²) in [4.78, 5) is 18.3. The van der Waals surface area contributed by atoms with Gasteiger partial charge in [0.25, 0.3) is 12.1 Å². The molecule has 33 heavy (non-hydrogen) atoms. The Balaban J connectivity index is 1.56. The Morgan fingerprint density at radius 2 is 1.94 bits per heavy atom. The lowest BCUT2D eigenvalue weighted by Gasteiger charge is -2.06. The van der Waals surface area contributed by atoms with Crippen LogP contribution in [-0.4, -0.2) is 29.4 Å². The number of hydrogen-bond acceptors (Lipinski definition) is 6. The number of benzene rings is 2. The summed E-state index contributed by atoms with van der Waals surface area (Å²) in [6.45, 7) is 0.794. The Kier molecular flexibility index (Phi) is 5.63. The van der Waals surface area contributed by atoms with Crippen molar-refractivity contribution in [1.82, 2.24) is 4.98 Å². The molecule has 1 aliphatic heterocycles. The zero-order valence-corrected chi connectivity index (χ0v) is 17.7. The molecule has 0 fully saturated rings. The number of furan rings is 1. The van der Waals surface area contributed by atoms with Crippen LogP contribution < -0.4 is 19.8 Å². The van der Waals surface area contributed by atoms with Crippen LogP contribution in [0.4, 0.5) is 5.82 Å². The summed E-state index contributed by atoms with van der Waals surface area (Å²) in [5.74, 6) is 1.95. The second kappa shape index (κ2) is 9.04. The lowest BCUT2D eigenvalue weighted by molar-refractivity contribution is -0.360. The predicted molar refractivity (Wildman–Crippen MR) is 122 cm³/mol. The minimum absolute atomic E-state index is 0.0131. The molecule has 8 heteroatoms. The van der Waals surface area contributed by atoms with E-state index in [0.29, 0.717) is 36.0 Å². The van der Waals surface area contributed by atoms with Crippen molar-refractivity contribution in [2.24, 2.45) is 0 Å². The fraction of sp³-hybridized carbons (Fsp3) is 0.160. The molecule has 0 spiro atoms. The molecule has 4 aromatic rings. The van der Waals surface area contributed by atoms with Crippen LogP contribution in [0.1, 0.15) is 12.8 Å².